The summed E-state index contributed by atoms with van der Waals surface area (Å²) in [7, 11) is 0. The van der Waals surface area contributed by atoms with Crippen molar-refractivity contribution in [3.05, 3.63) is 24.3 Å². The fourth-order valence-corrected chi connectivity index (χ4v) is 1.82. The lowest BCUT2D eigenvalue weighted by Gasteiger charge is -2.20. The molecule has 0 aliphatic carbocycles. The van der Waals surface area contributed by atoms with Gasteiger partial charge in [-0.2, -0.15) is 0 Å². The van der Waals surface area contributed by atoms with Crippen LogP contribution in [0.1, 0.15) is 27.2 Å². The molecule has 0 aliphatic rings. The molecule has 2 atom stereocenters. The van der Waals surface area contributed by atoms with E-state index in [-0.39, 0.29) is 5.92 Å². The number of ether oxygens (including phenoxy) is 1. The summed E-state index contributed by atoms with van der Waals surface area (Å²) < 4.78 is 5.34. The van der Waals surface area contributed by atoms with E-state index in [0.717, 1.165) is 0 Å². The number of anilines is 1. The van der Waals surface area contributed by atoms with Crippen LogP contribution in [0.5, 0.6) is 5.75 Å². The topological polar surface area (TPSA) is 87.7 Å². The minimum absolute atomic E-state index is 0.150. The van der Waals surface area contributed by atoms with E-state index < -0.39 is 18.0 Å². The molecular formula is C15H22N2O4. The average molecular weight is 294 g/mol. The molecule has 0 bridgehead atoms. The molecule has 2 unspecified atom stereocenters. The number of carbonyl (C=O) groups is 2. The molecule has 6 heteroatoms. The van der Waals surface area contributed by atoms with Crippen molar-refractivity contribution in [1.29, 1.82) is 0 Å². The van der Waals surface area contributed by atoms with Crippen LogP contribution in [0.4, 0.5) is 10.5 Å². The lowest BCUT2D eigenvalue weighted by Crippen LogP contribution is -2.46. The van der Waals surface area contributed by atoms with E-state index in [1.807, 2.05) is 13.8 Å². The highest BCUT2D eigenvalue weighted by Gasteiger charge is 2.25. The van der Waals surface area contributed by atoms with Crippen molar-refractivity contribution in [2.45, 2.75) is 33.2 Å². The highest BCUT2D eigenvalue weighted by Crippen LogP contribution is 2.17. The fraction of sp³-hybridized carbons (Fsp3) is 0.467. The van der Waals surface area contributed by atoms with Gasteiger partial charge in [0.15, 0.2) is 0 Å². The Morgan fingerprint density at radius 1 is 1.33 bits per heavy atom. The molecule has 2 amide bonds. The Kier molecular flexibility index (Phi) is 6.52. The highest BCUT2D eigenvalue weighted by molar-refractivity contribution is 5.92. The zero-order chi connectivity index (χ0) is 15.8. The van der Waals surface area contributed by atoms with Crippen LogP contribution >= 0.6 is 0 Å². The maximum Gasteiger partial charge on any atom is 0.326 e. The Morgan fingerprint density at radius 3 is 2.62 bits per heavy atom. The molecule has 0 saturated carbocycles. The number of benzene rings is 1. The van der Waals surface area contributed by atoms with E-state index in [4.69, 9.17) is 9.84 Å². The van der Waals surface area contributed by atoms with Gasteiger partial charge in [0.1, 0.15) is 11.8 Å². The third kappa shape index (κ3) is 5.33. The molecule has 3 N–H and O–H groups in total. The Balaban J connectivity index is 2.67. The van der Waals surface area contributed by atoms with Crippen molar-refractivity contribution >= 4 is 17.7 Å². The number of aliphatic carboxylic acids is 1. The molecule has 0 heterocycles. The van der Waals surface area contributed by atoms with E-state index >= 15 is 0 Å². The Bertz CT molecular complexity index is 490. The van der Waals surface area contributed by atoms with Gasteiger partial charge in [0.05, 0.1) is 6.61 Å². The summed E-state index contributed by atoms with van der Waals surface area (Å²) in [6, 6.07) is 5.47. The van der Waals surface area contributed by atoms with Crippen LogP contribution in [-0.4, -0.2) is 29.8 Å². The number of carboxylic acid groups (broad SMARTS) is 1. The minimum Gasteiger partial charge on any atom is -0.494 e. The van der Waals surface area contributed by atoms with Crippen molar-refractivity contribution < 1.29 is 19.4 Å². The van der Waals surface area contributed by atoms with Crippen molar-refractivity contribution in [3.8, 4) is 5.75 Å². The average Bonchev–Trinajstić information content (AvgIpc) is 2.44. The molecule has 1 aromatic rings. The van der Waals surface area contributed by atoms with Gasteiger partial charge in [0.2, 0.25) is 0 Å². The van der Waals surface area contributed by atoms with Crippen LogP contribution in [0.3, 0.4) is 0 Å². The smallest absolute Gasteiger partial charge is 0.326 e. The maximum atomic E-state index is 11.9. The summed E-state index contributed by atoms with van der Waals surface area (Å²) in [5, 5.41) is 14.2. The SMILES string of the molecule is CCOc1cccc(NC(=O)NC(C(=O)O)C(C)CC)c1. The number of amides is 2. The molecule has 0 aliphatic heterocycles. The van der Waals surface area contributed by atoms with Gasteiger partial charge in [0.25, 0.3) is 0 Å². The Labute approximate surface area is 124 Å². The third-order valence-electron chi connectivity index (χ3n) is 3.17. The first-order valence-electron chi connectivity index (χ1n) is 7.01. The number of hydrogen-bond donors (Lipinski definition) is 3. The molecule has 0 spiro atoms. The molecule has 1 aromatic carbocycles. The number of rotatable bonds is 7. The van der Waals surface area contributed by atoms with E-state index in [2.05, 4.69) is 10.6 Å². The second kappa shape index (κ2) is 8.14. The van der Waals surface area contributed by atoms with Crippen molar-refractivity contribution in [1.82, 2.24) is 5.32 Å². The second-order valence-corrected chi connectivity index (χ2v) is 4.76. The zero-order valence-corrected chi connectivity index (χ0v) is 12.6. The summed E-state index contributed by atoms with van der Waals surface area (Å²) in [5.74, 6) is -0.544. The molecule has 1 rings (SSSR count). The molecule has 0 aromatic heterocycles. The van der Waals surface area contributed by atoms with Gasteiger partial charge in [-0.15, -0.1) is 0 Å². The normalized spacial score (nSPS) is 13.1. The van der Waals surface area contributed by atoms with Gasteiger partial charge in [0, 0.05) is 11.8 Å². The summed E-state index contributed by atoms with van der Waals surface area (Å²) in [5.41, 5.74) is 0.548. The number of carboxylic acids is 1. The number of urea groups is 1. The third-order valence-corrected chi connectivity index (χ3v) is 3.17. The lowest BCUT2D eigenvalue weighted by atomic mass is 9.99. The van der Waals surface area contributed by atoms with Gasteiger partial charge in [-0.1, -0.05) is 26.3 Å². The highest BCUT2D eigenvalue weighted by atomic mass is 16.5. The predicted octanol–water partition coefficient (Wildman–Crippen LogP) is 2.71. The van der Waals surface area contributed by atoms with Crippen LogP contribution in [0.25, 0.3) is 0 Å². The lowest BCUT2D eigenvalue weighted by molar-refractivity contribution is -0.140. The monoisotopic (exact) mass is 294 g/mol. The molecule has 0 fully saturated rings. The summed E-state index contributed by atoms with van der Waals surface area (Å²) in [4.78, 5) is 23.1. The number of hydrogen-bond acceptors (Lipinski definition) is 3. The standard InChI is InChI=1S/C15H22N2O4/c1-4-10(3)13(14(18)19)17-15(20)16-11-7-6-8-12(9-11)21-5-2/h6-10,13H,4-5H2,1-3H3,(H,18,19)(H2,16,17,20). The van der Waals surface area contributed by atoms with E-state index in [1.165, 1.54) is 0 Å². The van der Waals surface area contributed by atoms with Gasteiger partial charge >= 0.3 is 12.0 Å². The zero-order valence-electron chi connectivity index (χ0n) is 12.6. The van der Waals surface area contributed by atoms with Crippen molar-refractivity contribution in [2.75, 3.05) is 11.9 Å². The van der Waals surface area contributed by atoms with Crippen LogP contribution in [-0.2, 0) is 4.79 Å². The Hall–Kier alpha value is -2.24. The largest absolute Gasteiger partial charge is 0.494 e. The van der Waals surface area contributed by atoms with Crippen LogP contribution in [0.2, 0.25) is 0 Å². The second-order valence-electron chi connectivity index (χ2n) is 4.76. The number of nitrogens with one attached hydrogen (secondary N) is 2. The first kappa shape index (κ1) is 16.8. The molecule has 21 heavy (non-hydrogen) atoms. The molecule has 116 valence electrons. The van der Waals surface area contributed by atoms with E-state index in [0.29, 0.717) is 24.5 Å². The van der Waals surface area contributed by atoms with Crippen LogP contribution in [0, 0.1) is 5.92 Å². The van der Waals surface area contributed by atoms with Crippen molar-refractivity contribution in [2.24, 2.45) is 5.92 Å². The van der Waals surface area contributed by atoms with Gasteiger partial charge in [-0.3, -0.25) is 0 Å². The minimum atomic E-state index is -1.04. The predicted molar refractivity (Wildman–Crippen MR) is 80.6 cm³/mol. The molecule has 0 radical (unpaired) electrons. The molecule has 0 saturated heterocycles. The van der Waals surface area contributed by atoms with E-state index in [1.54, 1.807) is 31.2 Å². The summed E-state index contributed by atoms with van der Waals surface area (Å²) in [6.45, 7) is 6.07. The summed E-state index contributed by atoms with van der Waals surface area (Å²) >= 11 is 0. The first-order valence-corrected chi connectivity index (χ1v) is 7.01. The molecule has 6 nitrogen and oxygen atoms in total. The van der Waals surface area contributed by atoms with Gasteiger partial charge < -0.3 is 20.5 Å². The first-order chi connectivity index (χ1) is 9.97. The van der Waals surface area contributed by atoms with E-state index in [9.17, 15) is 9.59 Å². The van der Waals surface area contributed by atoms with Gasteiger partial charge in [-0.05, 0) is 25.0 Å². The number of carbonyl (C=O) groups excluding carboxylic acids is 1. The Morgan fingerprint density at radius 2 is 2.05 bits per heavy atom. The molecular weight excluding hydrogens is 272 g/mol. The van der Waals surface area contributed by atoms with Crippen LogP contribution in [0.15, 0.2) is 24.3 Å². The van der Waals surface area contributed by atoms with Gasteiger partial charge in [-0.25, -0.2) is 9.59 Å². The van der Waals surface area contributed by atoms with Crippen LogP contribution < -0.4 is 15.4 Å². The summed E-state index contributed by atoms with van der Waals surface area (Å²) in [6.07, 6.45) is 0.664. The maximum absolute atomic E-state index is 11.9. The fourth-order valence-electron chi connectivity index (χ4n) is 1.82. The van der Waals surface area contributed by atoms with Crippen molar-refractivity contribution in [3.63, 3.8) is 0 Å². The quantitative estimate of drug-likeness (QED) is 0.721.